The van der Waals surface area contributed by atoms with Gasteiger partial charge in [-0.3, -0.25) is 14.6 Å². The minimum atomic E-state index is -0.878. The highest BCUT2D eigenvalue weighted by atomic mass is 16.4. The second-order valence-corrected chi connectivity index (χ2v) is 3.51. The van der Waals surface area contributed by atoms with Crippen molar-refractivity contribution in [3.8, 4) is 0 Å². The van der Waals surface area contributed by atoms with E-state index in [4.69, 9.17) is 5.11 Å². The van der Waals surface area contributed by atoms with E-state index < -0.39 is 5.97 Å². The Labute approximate surface area is 91.9 Å². The molecule has 2 N–H and O–H groups in total. The molecule has 0 fully saturated rings. The second-order valence-electron chi connectivity index (χ2n) is 3.51. The first-order valence-electron chi connectivity index (χ1n) is 4.87. The quantitative estimate of drug-likeness (QED) is 0.767. The van der Waals surface area contributed by atoms with Crippen LogP contribution in [0.15, 0.2) is 18.5 Å². The van der Waals surface area contributed by atoms with Crippen LogP contribution in [-0.2, 0) is 9.59 Å². The molecule has 0 atom stereocenters. The van der Waals surface area contributed by atoms with E-state index in [0.29, 0.717) is 12.2 Å². The number of nitrogens with one attached hydrogen (secondary N) is 1. The lowest BCUT2D eigenvalue weighted by Crippen LogP contribution is -2.39. The first-order valence-corrected chi connectivity index (χ1v) is 4.87. The molecule has 0 saturated carbocycles. The number of pyridine rings is 1. The zero-order valence-corrected chi connectivity index (χ0v) is 8.51. The van der Waals surface area contributed by atoms with Crippen LogP contribution in [0.25, 0.3) is 0 Å². The number of carboxylic acid groups (broad SMARTS) is 1. The number of amides is 1. The summed E-state index contributed by atoms with van der Waals surface area (Å²) in [6.07, 6.45) is 3.21. The Morgan fingerprint density at radius 3 is 3.19 bits per heavy atom. The molecule has 1 aromatic rings. The molecule has 0 spiro atoms. The first kappa shape index (κ1) is 10.4. The van der Waals surface area contributed by atoms with Crippen LogP contribution in [-0.4, -0.2) is 35.1 Å². The summed E-state index contributed by atoms with van der Waals surface area (Å²) >= 11 is 0. The Morgan fingerprint density at radius 2 is 2.44 bits per heavy atom. The number of anilines is 2. The van der Waals surface area contributed by atoms with Gasteiger partial charge in [0.2, 0.25) is 5.91 Å². The summed E-state index contributed by atoms with van der Waals surface area (Å²) in [5.41, 5.74) is 1.44. The van der Waals surface area contributed by atoms with Gasteiger partial charge in [0.25, 0.3) is 0 Å². The Hall–Kier alpha value is -2.11. The highest BCUT2D eigenvalue weighted by molar-refractivity contribution is 6.00. The van der Waals surface area contributed by atoms with Crippen LogP contribution >= 0.6 is 0 Å². The van der Waals surface area contributed by atoms with Gasteiger partial charge >= 0.3 is 5.97 Å². The fourth-order valence-corrected chi connectivity index (χ4v) is 1.62. The Bertz CT molecular complexity index is 433. The van der Waals surface area contributed by atoms with Gasteiger partial charge in [-0.15, -0.1) is 0 Å². The van der Waals surface area contributed by atoms with Gasteiger partial charge in [-0.25, -0.2) is 0 Å². The third-order valence-electron chi connectivity index (χ3n) is 2.34. The van der Waals surface area contributed by atoms with Crippen LogP contribution < -0.4 is 10.2 Å². The third-order valence-corrected chi connectivity index (χ3v) is 2.34. The summed E-state index contributed by atoms with van der Waals surface area (Å²) in [5.74, 6) is -1.01. The van der Waals surface area contributed by atoms with E-state index >= 15 is 0 Å². The smallest absolute Gasteiger partial charge is 0.305 e. The van der Waals surface area contributed by atoms with Gasteiger partial charge in [-0.1, -0.05) is 0 Å². The zero-order chi connectivity index (χ0) is 11.5. The number of hydrogen-bond donors (Lipinski definition) is 2. The summed E-state index contributed by atoms with van der Waals surface area (Å²) in [7, 11) is 0. The lowest BCUT2D eigenvalue weighted by Gasteiger charge is -2.29. The molecule has 0 saturated heterocycles. The maximum absolute atomic E-state index is 11.4. The van der Waals surface area contributed by atoms with Crippen LogP contribution in [0.4, 0.5) is 11.4 Å². The highest BCUT2D eigenvalue weighted by Gasteiger charge is 2.21. The maximum Gasteiger partial charge on any atom is 0.305 e. The van der Waals surface area contributed by atoms with Crippen LogP contribution in [0.2, 0.25) is 0 Å². The molecule has 0 aliphatic carbocycles. The van der Waals surface area contributed by atoms with E-state index in [2.05, 4.69) is 10.3 Å². The maximum atomic E-state index is 11.4. The topological polar surface area (TPSA) is 82.5 Å². The van der Waals surface area contributed by atoms with E-state index in [0.717, 1.165) is 5.69 Å². The van der Waals surface area contributed by atoms with Crippen molar-refractivity contribution in [2.75, 3.05) is 23.3 Å². The molecule has 0 unspecified atom stereocenters. The summed E-state index contributed by atoms with van der Waals surface area (Å²) in [6, 6.07) is 1.69. The van der Waals surface area contributed by atoms with Gasteiger partial charge in [0.1, 0.15) is 0 Å². The van der Waals surface area contributed by atoms with Crippen LogP contribution in [0.1, 0.15) is 6.42 Å². The molecule has 0 bridgehead atoms. The van der Waals surface area contributed by atoms with Crippen LogP contribution in [0, 0.1) is 0 Å². The van der Waals surface area contributed by atoms with E-state index in [1.165, 1.54) is 0 Å². The average Bonchev–Trinajstić information content (AvgIpc) is 2.25. The zero-order valence-electron chi connectivity index (χ0n) is 8.51. The molecule has 2 heterocycles. The molecule has 1 aliphatic rings. The normalized spacial score (nSPS) is 14.2. The number of carbonyl (C=O) groups is 2. The van der Waals surface area contributed by atoms with Gasteiger partial charge in [-0.05, 0) is 6.07 Å². The van der Waals surface area contributed by atoms with Gasteiger partial charge in [0, 0.05) is 12.7 Å². The van der Waals surface area contributed by atoms with Crippen molar-refractivity contribution in [3.05, 3.63) is 18.5 Å². The summed E-state index contributed by atoms with van der Waals surface area (Å²) in [4.78, 5) is 27.5. The molecular formula is C10H11N3O3. The Kier molecular flexibility index (Phi) is 2.72. The number of carboxylic acids is 1. The monoisotopic (exact) mass is 221 g/mol. The average molecular weight is 221 g/mol. The molecule has 6 heteroatoms. The molecular weight excluding hydrogens is 210 g/mol. The molecule has 6 nitrogen and oxygen atoms in total. The molecule has 0 aromatic carbocycles. The standard InChI is InChI=1S/C10H11N3O3/c14-9-6-13(4-2-10(15)16)8-5-11-3-1-7(8)12-9/h1,3,5H,2,4,6H2,(H,12,14)(H,15,16). The number of hydrogen-bond acceptors (Lipinski definition) is 4. The minimum Gasteiger partial charge on any atom is -0.481 e. The van der Waals surface area contributed by atoms with Gasteiger partial charge in [-0.2, -0.15) is 0 Å². The number of carbonyl (C=O) groups excluding carboxylic acids is 1. The molecule has 1 amide bonds. The molecule has 16 heavy (non-hydrogen) atoms. The van der Waals surface area contributed by atoms with Crippen molar-refractivity contribution in [2.45, 2.75) is 6.42 Å². The van der Waals surface area contributed by atoms with E-state index in [1.54, 1.807) is 23.4 Å². The van der Waals surface area contributed by atoms with Crippen LogP contribution in [0.3, 0.4) is 0 Å². The van der Waals surface area contributed by atoms with Crippen molar-refractivity contribution >= 4 is 23.3 Å². The van der Waals surface area contributed by atoms with E-state index in [-0.39, 0.29) is 18.9 Å². The van der Waals surface area contributed by atoms with E-state index in [1.807, 2.05) is 0 Å². The van der Waals surface area contributed by atoms with Crippen molar-refractivity contribution in [3.63, 3.8) is 0 Å². The summed E-state index contributed by atoms with van der Waals surface area (Å²) < 4.78 is 0. The molecule has 1 aromatic heterocycles. The van der Waals surface area contributed by atoms with Gasteiger partial charge < -0.3 is 15.3 Å². The number of aromatic nitrogens is 1. The van der Waals surface area contributed by atoms with Crippen molar-refractivity contribution in [1.82, 2.24) is 4.98 Å². The first-order chi connectivity index (χ1) is 7.66. The van der Waals surface area contributed by atoms with Crippen LogP contribution in [0.5, 0.6) is 0 Å². The number of nitrogens with zero attached hydrogens (tertiary/aromatic N) is 2. The predicted molar refractivity (Wildman–Crippen MR) is 57.3 cm³/mol. The van der Waals surface area contributed by atoms with Crippen molar-refractivity contribution < 1.29 is 14.7 Å². The SMILES string of the molecule is O=C(O)CCN1CC(=O)Nc2ccncc21. The highest BCUT2D eigenvalue weighted by Crippen LogP contribution is 2.27. The predicted octanol–water partition coefficient (Wildman–Crippen LogP) is 0.315. The lowest BCUT2D eigenvalue weighted by molar-refractivity contribution is -0.136. The lowest BCUT2D eigenvalue weighted by atomic mass is 10.2. The number of rotatable bonds is 3. The Morgan fingerprint density at radius 1 is 1.62 bits per heavy atom. The molecule has 1 aliphatic heterocycles. The molecule has 84 valence electrons. The van der Waals surface area contributed by atoms with E-state index in [9.17, 15) is 9.59 Å². The summed E-state index contributed by atoms with van der Waals surface area (Å²) in [6.45, 7) is 0.480. The molecule has 0 radical (unpaired) electrons. The van der Waals surface area contributed by atoms with Crippen molar-refractivity contribution in [1.29, 1.82) is 0 Å². The minimum absolute atomic E-state index is 0.00160. The Balaban J connectivity index is 2.20. The fraction of sp³-hybridized carbons (Fsp3) is 0.300. The third kappa shape index (κ3) is 2.10. The number of aliphatic carboxylic acids is 1. The van der Waals surface area contributed by atoms with Gasteiger partial charge in [0.05, 0.1) is 30.5 Å². The van der Waals surface area contributed by atoms with Crippen molar-refractivity contribution in [2.24, 2.45) is 0 Å². The summed E-state index contributed by atoms with van der Waals surface area (Å²) in [5, 5.41) is 11.3. The van der Waals surface area contributed by atoms with Gasteiger partial charge in [0.15, 0.2) is 0 Å². The largest absolute Gasteiger partial charge is 0.481 e. The molecule has 2 rings (SSSR count). The fourth-order valence-electron chi connectivity index (χ4n) is 1.62. The number of fused-ring (bicyclic) bond motifs is 1. The second kappa shape index (κ2) is 4.18.